The van der Waals surface area contributed by atoms with Gasteiger partial charge >= 0.3 is 12.1 Å². The van der Waals surface area contributed by atoms with Crippen molar-refractivity contribution in [1.82, 2.24) is 0 Å². The molecule has 0 radical (unpaired) electrons. The van der Waals surface area contributed by atoms with Crippen LogP contribution in [0.2, 0.25) is 0 Å². The Kier molecular flexibility index (Phi) is 7.26. The van der Waals surface area contributed by atoms with Crippen molar-refractivity contribution in [3.63, 3.8) is 0 Å². The standard InChI is InChI=1S/C13H23F5O/c1-3-4-5-6-7-8-9-11(2,19)10-12(14,15)13(16,17)18/h19H,3-10H2,1-2H3. The van der Waals surface area contributed by atoms with Crippen LogP contribution in [-0.2, 0) is 0 Å². The zero-order valence-corrected chi connectivity index (χ0v) is 11.5. The van der Waals surface area contributed by atoms with E-state index in [1.807, 2.05) is 0 Å². The molecule has 0 saturated heterocycles. The molecule has 0 aliphatic carbocycles. The highest BCUT2D eigenvalue weighted by atomic mass is 19.4. The van der Waals surface area contributed by atoms with Crippen molar-refractivity contribution in [1.29, 1.82) is 0 Å². The first-order valence-corrected chi connectivity index (χ1v) is 6.69. The molecule has 6 heteroatoms. The average molecular weight is 290 g/mol. The third-order valence-electron chi connectivity index (χ3n) is 3.09. The number of rotatable bonds is 9. The summed E-state index contributed by atoms with van der Waals surface area (Å²) in [5.74, 6) is -4.83. The zero-order chi connectivity index (χ0) is 15.2. The predicted molar refractivity (Wildman–Crippen MR) is 64.2 cm³/mol. The van der Waals surface area contributed by atoms with E-state index in [1.165, 1.54) is 0 Å². The molecule has 0 spiro atoms. The van der Waals surface area contributed by atoms with Crippen LogP contribution in [0.25, 0.3) is 0 Å². The Morgan fingerprint density at radius 3 is 1.79 bits per heavy atom. The Morgan fingerprint density at radius 1 is 0.842 bits per heavy atom. The molecule has 1 atom stereocenters. The van der Waals surface area contributed by atoms with E-state index >= 15 is 0 Å². The lowest BCUT2D eigenvalue weighted by atomic mass is 9.91. The van der Waals surface area contributed by atoms with Crippen molar-refractivity contribution in [2.24, 2.45) is 0 Å². The van der Waals surface area contributed by atoms with Crippen LogP contribution in [0, 0.1) is 0 Å². The van der Waals surface area contributed by atoms with Crippen LogP contribution in [0.5, 0.6) is 0 Å². The minimum absolute atomic E-state index is 0.0369. The largest absolute Gasteiger partial charge is 0.453 e. The maximum absolute atomic E-state index is 12.8. The number of unbranched alkanes of at least 4 members (excludes halogenated alkanes) is 5. The van der Waals surface area contributed by atoms with E-state index in [0.717, 1.165) is 39.0 Å². The Morgan fingerprint density at radius 2 is 1.32 bits per heavy atom. The molecule has 0 aromatic rings. The summed E-state index contributed by atoms with van der Waals surface area (Å²) in [7, 11) is 0. The molecular weight excluding hydrogens is 267 g/mol. The summed E-state index contributed by atoms with van der Waals surface area (Å²) >= 11 is 0. The van der Waals surface area contributed by atoms with E-state index in [-0.39, 0.29) is 6.42 Å². The molecule has 0 amide bonds. The molecule has 0 bridgehead atoms. The van der Waals surface area contributed by atoms with Gasteiger partial charge in [-0.1, -0.05) is 45.4 Å². The van der Waals surface area contributed by atoms with Gasteiger partial charge in [-0.2, -0.15) is 22.0 Å². The molecule has 0 rings (SSSR count). The lowest BCUT2D eigenvalue weighted by Gasteiger charge is -2.29. The molecule has 0 saturated carbocycles. The number of aliphatic hydroxyl groups is 1. The van der Waals surface area contributed by atoms with E-state index in [9.17, 15) is 27.1 Å². The molecule has 1 nitrogen and oxygen atoms in total. The number of alkyl halides is 5. The molecule has 0 aromatic heterocycles. The highest BCUT2D eigenvalue weighted by Crippen LogP contribution is 2.42. The maximum Gasteiger partial charge on any atom is 0.453 e. The van der Waals surface area contributed by atoms with E-state index in [4.69, 9.17) is 0 Å². The summed E-state index contributed by atoms with van der Waals surface area (Å²) in [4.78, 5) is 0. The molecule has 1 unspecified atom stereocenters. The van der Waals surface area contributed by atoms with Crippen molar-refractivity contribution in [3.8, 4) is 0 Å². The molecule has 0 heterocycles. The summed E-state index contributed by atoms with van der Waals surface area (Å²) in [5.41, 5.74) is -1.98. The zero-order valence-electron chi connectivity index (χ0n) is 11.5. The molecule has 0 aliphatic heterocycles. The fraction of sp³-hybridized carbons (Fsp3) is 1.00. The van der Waals surface area contributed by atoms with Gasteiger partial charge in [0.25, 0.3) is 0 Å². The predicted octanol–water partition coefficient (Wildman–Crippen LogP) is 5.08. The highest BCUT2D eigenvalue weighted by Gasteiger charge is 2.59. The van der Waals surface area contributed by atoms with Gasteiger partial charge in [-0.05, 0) is 13.3 Å². The molecule has 0 aromatic carbocycles. The van der Waals surface area contributed by atoms with Gasteiger partial charge in [0.05, 0.1) is 5.60 Å². The van der Waals surface area contributed by atoms with Gasteiger partial charge in [-0.15, -0.1) is 0 Å². The quantitative estimate of drug-likeness (QED) is 0.464. The van der Waals surface area contributed by atoms with Crippen LogP contribution in [0.4, 0.5) is 22.0 Å². The average Bonchev–Trinajstić information content (AvgIpc) is 2.20. The van der Waals surface area contributed by atoms with Crippen LogP contribution < -0.4 is 0 Å². The molecule has 0 aliphatic rings. The summed E-state index contributed by atoms with van der Waals surface area (Å²) in [5, 5.41) is 9.64. The van der Waals surface area contributed by atoms with Crippen LogP contribution in [0.3, 0.4) is 0 Å². The first kappa shape index (κ1) is 18.6. The van der Waals surface area contributed by atoms with Gasteiger partial charge in [0, 0.05) is 6.42 Å². The normalized spacial score (nSPS) is 16.4. The highest BCUT2D eigenvalue weighted by molar-refractivity contribution is 4.86. The molecule has 19 heavy (non-hydrogen) atoms. The van der Waals surface area contributed by atoms with Gasteiger partial charge in [0.1, 0.15) is 0 Å². The molecular formula is C13H23F5O. The SMILES string of the molecule is CCCCCCCCC(C)(O)CC(F)(F)C(F)(F)F. The fourth-order valence-corrected chi connectivity index (χ4v) is 1.95. The minimum atomic E-state index is -5.60. The van der Waals surface area contributed by atoms with Gasteiger partial charge in [0.2, 0.25) is 0 Å². The van der Waals surface area contributed by atoms with Crippen molar-refractivity contribution in [2.45, 2.75) is 82.9 Å². The van der Waals surface area contributed by atoms with E-state index in [2.05, 4.69) is 6.92 Å². The van der Waals surface area contributed by atoms with Gasteiger partial charge in [-0.3, -0.25) is 0 Å². The Hall–Kier alpha value is -0.390. The molecule has 1 N–H and O–H groups in total. The first-order chi connectivity index (χ1) is 8.52. The van der Waals surface area contributed by atoms with Crippen LogP contribution in [0.1, 0.15) is 65.2 Å². The minimum Gasteiger partial charge on any atom is -0.390 e. The Labute approximate surface area is 111 Å². The van der Waals surface area contributed by atoms with Gasteiger partial charge < -0.3 is 5.11 Å². The third-order valence-corrected chi connectivity index (χ3v) is 3.09. The van der Waals surface area contributed by atoms with Gasteiger partial charge in [-0.25, -0.2) is 0 Å². The van der Waals surface area contributed by atoms with Gasteiger partial charge in [0.15, 0.2) is 0 Å². The molecule has 0 fully saturated rings. The van der Waals surface area contributed by atoms with Crippen molar-refractivity contribution >= 4 is 0 Å². The lowest BCUT2D eigenvalue weighted by molar-refractivity contribution is -0.296. The fourth-order valence-electron chi connectivity index (χ4n) is 1.95. The molecule has 116 valence electrons. The third kappa shape index (κ3) is 7.70. The van der Waals surface area contributed by atoms with E-state index < -0.39 is 24.1 Å². The van der Waals surface area contributed by atoms with Crippen LogP contribution in [0.15, 0.2) is 0 Å². The number of hydrogen-bond acceptors (Lipinski definition) is 1. The smallest absolute Gasteiger partial charge is 0.390 e. The number of halogens is 5. The van der Waals surface area contributed by atoms with Crippen molar-refractivity contribution in [2.75, 3.05) is 0 Å². The van der Waals surface area contributed by atoms with Crippen LogP contribution in [-0.4, -0.2) is 22.8 Å². The summed E-state index contributed by atoms with van der Waals surface area (Å²) < 4.78 is 61.7. The van der Waals surface area contributed by atoms with E-state index in [0.29, 0.717) is 6.42 Å². The Balaban J connectivity index is 4.05. The topological polar surface area (TPSA) is 20.2 Å². The van der Waals surface area contributed by atoms with Crippen molar-refractivity contribution < 1.29 is 27.1 Å². The summed E-state index contributed by atoms with van der Waals surface area (Å²) in [6.45, 7) is 3.10. The van der Waals surface area contributed by atoms with E-state index in [1.54, 1.807) is 0 Å². The maximum atomic E-state index is 12.8. The van der Waals surface area contributed by atoms with Crippen molar-refractivity contribution in [3.05, 3.63) is 0 Å². The summed E-state index contributed by atoms with van der Waals surface area (Å²) in [6.07, 6.45) is -1.89. The van der Waals surface area contributed by atoms with Crippen LogP contribution >= 0.6 is 0 Å². The summed E-state index contributed by atoms with van der Waals surface area (Å²) in [6, 6.07) is 0. The lowest BCUT2D eigenvalue weighted by Crippen LogP contribution is -2.43. The monoisotopic (exact) mass is 290 g/mol. The Bertz CT molecular complexity index is 248. The second-order valence-corrected chi connectivity index (χ2v) is 5.39. The first-order valence-electron chi connectivity index (χ1n) is 6.69. The number of hydrogen-bond donors (Lipinski definition) is 1. The second-order valence-electron chi connectivity index (χ2n) is 5.39. The second kappa shape index (κ2) is 7.41.